The summed E-state index contributed by atoms with van der Waals surface area (Å²) in [5.41, 5.74) is 11.1. The number of nitrogens with zero attached hydrogens (tertiary/aromatic N) is 5. The number of anilines is 1. The van der Waals surface area contributed by atoms with Crippen molar-refractivity contribution >= 4 is 29.3 Å². The Balaban J connectivity index is 0.00000306. The minimum Gasteiger partial charge on any atom is -0.463 e. The van der Waals surface area contributed by atoms with Gasteiger partial charge in [-0.25, -0.2) is 0 Å². The van der Waals surface area contributed by atoms with E-state index in [0.29, 0.717) is 35.6 Å². The molecule has 1 aliphatic heterocycles. The van der Waals surface area contributed by atoms with Crippen molar-refractivity contribution in [2.75, 3.05) is 45.6 Å². The molecule has 0 amide bonds. The van der Waals surface area contributed by atoms with Crippen molar-refractivity contribution in [1.29, 1.82) is 5.26 Å². The van der Waals surface area contributed by atoms with Gasteiger partial charge in [0.05, 0.1) is 6.61 Å². The number of likely N-dealkylation sites (N-methyl/N-ethyl adjacent to an activating group) is 1. The molecule has 0 saturated carbocycles. The summed E-state index contributed by atoms with van der Waals surface area (Å²) in [6, 6.07) is 11.1. The van der Waals surface area contributed by atoms with Crippen molar-refractivity contribution < 1.29 is 4.74 Å². The summed E-state index contributed by atoms with van der Waals surface area (Å²) in [6.45, 7) is 8.04. The van der Waals surface area contributed by atoms with Gasteiger partial charge in [0.15, 0.2) is 5.82 Å². The normalized spacial score (nSPS) is 14.7. The average molecular weight is 470 g/mol. The number of ether oxygens (including phenoxy) is 1. The van der Waals surface area contributed by atoms with Gasteiger partial charge < -0.3 is 20.4 Å². The van der Waals surface area contributed by atoms with Crippen LogP contribution in [-0.4, -0.2) is 64.6 Å². The van der Waals surface area contributed by atoms with E-state index in [1.807, 2.05) is 0 Å². The van der Waals surface area contributed by atoms with Crippen molar-refractivity contribution in [2.24, 2.45) is 0 Å². The van der Waals surface area contributed by atoms with Crippen molar-refractivity contribution in [3.63, 3.8) is 0 Å². The number of nitrogens with two attached hydrogens (primary N) is 1. The number of hydrogen-bond donors (Lipinski definition) is 2. The molecule has 3 heterocycles. The molecule has 0 aliphatic carbocycles. The lowest BCUT2D eigenvalue weighted by Gasteiger charge is -2.32. The SMILES string of the molecule is CCCCOc1nc(N)c2[nH]c(C#N)c(Cc3ccc(CN4CCN(C)CC4)cc3)c2n1.Cl. The van der Waals surface area contributed by atoms with Crippen molar-refractivity contribution in [2.45, 2.75) is 32.7 Å². The third-order valence-electron chi connectivity index (χ3n) is 6.00. The van der Waals surface area contributed by atoms with Crippen LogP contribution in [0, 0.1) is 11.3 Å². The smallest absolute Gasteiger partial charge is 0.319 e. The molecule has 8 nitrogen and oxygen atoms in total. The summed E-state index contributed by atoms with van der Waals surface area (Å²) in [7, 11) is 2.17. The lowest BCUT2D eigenvalue weighted by Crippen LogP contribution is -2.43. The van der Waals surface area contributed by atoms with Crippen LogP contribution in [0.25, 0.3) is 11.0 Å². The van der Waals surface area contributed by atoms with Crippen LogP contribution in [0.15, 0.2) is 24.3 Å². The van der Waals surface area contributed by atoms with Crippen LogP contribution in [0.5, 0.6) is 6.01 Å². The number of unbranched alkanes of at least 4 members (excludes halogenated alkanes) is 1. The molecule has 176 valence electrons. The van der Waals surface area contributed by atoms with Crippen LogP contribution in [-0.2, 0) is 13.0 Å². The number of halogens is 1. The monoisotopic (exact) mass is 469 g/mol. The van der Waals surface area contributed by atoms with Gasteiger partial charge in [0.25, 0.3) is 0 Å². The summed E-state index contributed by atoms with van der Waals surface area (Å²) in [5.74, 6) is 0.298. The molecular weight excluding hydrogens is 438 g/mol. The maximum atomic E-state index is 9.67. The van der Waals surface area contributed by atoms with Crippen LogP contribution in [0.4, 0.5) is 5.82 Å². The minimum absolute atomic E-state index is 0. The van der Waals surface area contributed by atoms with Crippen LogP contribution in [0.3, 0.4) is 0 Å². The maximum absolute atomic E-state index is 9.67. The number of rotatable bonds is 8. The number of benzene rings is 1. The van der Waals surface area contributed by atoms with E-state index in [0.717, 1.165) is 56.7 Å². The first kappa shape index (κ1) is 24.8. The highest BCUT2D eigenvalue weighted by molar-refractivity contribution is 5.90. The Morgan fingerprint density at radius 3 is 2.48 bits per heavy atom. The molecule has 0 atom stereocenters. The van der Waals surface area contributed by atoms with Crippen molar-refractivity contribution in [1.82, 2.24) is 24.8 Å². The molecule has 1 aliphatic rings. The molecule has 1 aromatic carbocycles. The number of fused-ring (bicyclic) bond motifs is 1. The van der Waals surface area contributed by atoms with Crippen LogP contribution < -0.4 is 10.5 Å². The van der Waals surface area contributed by atoms with Crippen LogP contribution in [0.2, 0.25) is 0 Å². The van der Waals surface area contributed by atoms with Crippen LogP contribution in [0.1, 0.15) is 42.1 Å². The van der Waals surface area contributed by atoms with Gasteiger partial charge in [0.1, 0.15) is 22.8 Å². The van der Waals surface area contributed by atoms with E-state index in [1.54, 1.807) is 0 Å². The summed E-state index contributed by atoms with van der Waals surface area (Å²) < 4.78 is 5.67. The number of H-pyrrole nitrogens is 1. The Morgan fingerprint density at radius 2 is 1.82 bits per heavy atom. The predicted octanol–water partition coefficient (Wildman–Crippen LogP) is 3.35. The molecule has 1 fully saturated rings. The summed E-state index contributed by atoms with van der Waals surface area (Å²) in [6.07, 6.45) is 2.53. The molecule has 0 bridgehead atoms. The minimum atomic E-state index is 0. The van der Waals surface area contributed by atoms with Gasteiger partial charge in [-0.3, -0.25) is 4.90 Å². The predicted molar refractivity (Wildman–Crippen MR) is 133 cm³/mol. The number of aromatic amines is 1. The summed E-state index contributed by atoms with van der Waals surface area (Å²) in [4.78, 5) is 16.7. The van der Waals surface area contributed by atoms with E-state index in [-0.39, 0.29) is 18.4 Å². The largest absolute Gasteiger partial charge is 0.463 e. The first-order valence-corrected chi connectivity index (χ1v) is 11.3. The molecule has 9 heteroatoms. The lowest BCUT2D eigenvalue weighted by molar-refractivity contribution is 0.148. The second kappa shape index (κ2) is 11.3. The molecule has 33 heavy (non-hydrogen) atoms. The average Bonchev–Trinajstić information content (AvgIpc) is 3.15. The van der Waals surface area contributed by atoms with Gasteiger partial charge in [-0.1, -0.05) is 37.6 Å². The third kappa shape index (κ3) is 5.93. The Hall–Kier alpha value is -2.86. The number of piperazine rings is 1. The van der Waals surface area contributed by atoms with Gasteiger partial charge in [-0.05, 0) is 24.6 Å². The second-order valence-corrected chi connectivity index (χ2v) is 8.48. The summed E-state index contributed by atoms with van der Waals surface area (Å²) in [5, 5.41) is 9.67. The molecule has 4 rings (SSSR count). The molecule has 3 aromatic rings. The number of aromatic nitrogens is 3. The molecular formula is C24H32ClN7O. The zero-order chi connectivity index (χ0) is 22.5. The zero-order valence-corrected chi connectivity index (χ0v) is 20.1. The van der Waals surface area contributed by atoms with Gasteiger partial charge in [0.2, 0.25) is 0 Å². The first-order valence-electron chi connectivity index (χ1n) is 11.3. The molecule has 0 radical (unpaired) electrons. The van der Waals surface area contributed by atoms with E-state index in [2.05, 4.69) is 69.1 Å². The molecule has 0 spiro atoms. The molecule has 3 N–H and O–H groups in total. The summed E-state index contributed by atoms with van der Waals surface area (Å²) >= 11 is 0. The van der Waals surface area contributed by atoms with Gasteiger partial charge in [-0.15, -0.1) is 12.4 Å². The Morgan fingerprint density at radius 1 is 1.12 bits per heavy atom. The quantitative estimate of drug-likeness (QED) is 0.487. The Kier molecular flexibility index (Phi) is 8.50. The van der Waals surface area contributed by atoms with Crippen molar-refractivity contribution in [3.05, 3.63) is 46.6 Å². The van der Waals surface area contributed by atoms with E-state index in [9.17, 15) is 5.26 Å². The molecule has 1 saturated heterocycles. The number of hydrogen-bond acceptors (Lipinski definition) is 7. The number of nitriles is 1. The third-order valence-corrected chi connectivity index (χ3v) is 6.00. The lowest BCUT2D eigenvalue weighted by atomic mass is 10.0. The fourth-order valence-electron chi connectivity index (χ4n) is 3.99. The number of nitrogens with one attached hydrogen (secondary N) is 1. The number of nitrogen functional groups attached to an aromatic ring is 1. The molecule has 2 aromatic heterocycles. The molecule has 0 unspecified atom stereocenters. The fourth-order valence-corrected chi connectivity index (χ4v) is 3.99. The standard InChI is InChI=1S/C24H31N7O.ClH/c1-3-4-13-32-24-28-21-19(20(15-25)27-22(21)23(26)29-24)14-17-5-7-18(8-6-17)16-31-11-9-30(2)10-12-31;/h5-8,27H,3-4,9-14,16H2,1-2H3,(H2,26,28,29);1H. The van der Waals surface area contributed by atoms with E-state index < -0.39 is 0 Å². The Bertz CT molecular complexity index is 1100. The van der Waals surface area contributed by atoms with Gasteiger partial charge in [-0.2, -0.15) is 15.2 Å². The zero-order valence-electron chi connectivity index (χ0n) is 19.3. The highest BCUT2D eigenvalue weighted by atomic mass is 35.5. The highest BCUT2D eigenvalue weighted by Gasteiger charge is 2.18. The fraction of sp³-hybridized carbons (Fsp3) is 0.458. The Labute approximate surface area is 201 Å². The highest BCUT2D eigenvalue weighted by Crippen LogP contribution is 2.28. The first-order chi connectivity index (χ1) is 15.6. The van der Waals surface area contributed by atoms with E-state index in [1.165, 1.54) is 5.56 Å². The van der Waals surface area contributed by atoms with E-state index >= 15 is 0 Å². The van der Waals surface area contributed by atoms with Crippen LogP contribution >= 0.6 is 12.4 Å². The van der Waals surface area contributed by atoms with Crippen molar-refractivity contribution in [3.8, 4) is 12.1 Å². The topological polar surface area (TPSA) is 107 Å². The van der Waals surface area contributed by atoms with Gasteiger partial charge >= 0.3 is 6.01 Å². The maximum Gasteiger partial charge on any atom is 0.319 e. The van der Waals surface area contributed by atoms with Gasteiger partial charge in [0, 0.05) is 44.7 Å². The van der Waals surface area contributed by atoms with E-state index in [4.69, 9.17) is 10.5 Å². The second-order valence-electron chi connectivity index (χ2n) is 8.48.